The number of ether oxygens (including phenoxy) is 1. The lowest BCUT2D eigenvalue weighted by Gasteiger charge is -2.17. The summed E-state index contributed by atoms with van der Waals surface area (Å²) < 4.78 is 4.86. The number of carbonyl (C=O) groups is 1. The van der Waals surface area contributed by atoms with Crippen molar-refractivity contribution in [3.05, 3.63) is 29.8 Å². The number of benzene rings is 1. The van der Waals surface area contributed by atoms with Crippen molar-refractivity contribution < 1.29 is 9.53 Å². The van der Waals surface area contributed by atoms with Crippen molar-refractivity contribution in [3.63, 3.8) is 0 Å². The van der Waals surface area contributed by atoms with E-state index in [1.165, 1.54) is 25.5 Å². The summed E-state index contributed by atoms with van der Waals surface area (Å²) in [7, 11) is 1.45. The van der Waals surface area contributed by atoms with Crippen molar-refractivity contribution in [1.29, 1.82) is 0 Å². The van der Waals surface area contributed by atoms with E-state index in [-0.39, 0.29) is 12.0 Å². The second-order valence-corrected chi connectivity index (χ2v) is 5.28. The van der Waals surface area contributed by atoms with Gasteiger partial charge in [-0.25, -0.2) is 4.79 Å². The van der Waals surface area contributed by atoms with Crippen LogP contribution in [0.5, 0.6) is 0 Å². The number of hydrogen-bond donors (Lipinski definition) is 1. The molecule has 1 aliphatic carbocycles. The lowest BCUT2D eigenvalue weighted by atomic mass is 10.1. The molecule has 0 aromatic heterocycles. The van der Waals surface area contributed by atoms with Gasteiger partial charge in [0.15, 0.2) is 0 Å². The van der Waals surface area contributed by atoms with Gasteiger partial charge in [0.25, 0.3) is 0 Å². The average Bonchev–Trinajstić information content (AvgIpc) is 3.27. The standard InChI is InChI=1S/C16H23NO2/c1-3-4-5-12-6-10-14(11-7-12)17-15(13-8-9-13)16(18)19-2/h6-7,10-11,13,15,17H,3-5,8-9H2,1-2H3. The topological polar surface area (TPSA) is 38.3 Å². The second kappa shape index (κ2) is 6.60. The highest BCUT2D eigenvalue weighted by Crippen LogP contribution is 2.34. The number of methoxy groups -OCH3 is 1. The number of rotatable bonds is 7. The third-order valence-electron chi connectivity index (χ3n) is 3.64. The van der Waals surface area contributed by atoms with Crippen LogP contribution in [0.25, 0.3) is 0 Å². The number of aryl methyl sites for hydroxylation is 1. The fraction of sp³-hybridized carbons (Fsp3) is 0.562. The van der Waals surface area contributed by atoms with Gasteiger partial charge in [0.05, 0.1) is 7.11 Å². The van der Waals surface area contributed by atoms with Crippen LogP contribution in [0.2, 0.25) is 0 Å². The van der Waals surface area contributed by atoms with Crippen LogP contribution in [-0.4, -0.2) is 19.1 Å². The van der Waals surface area contributed by atoms with Gasteiger partial charge >= 0.3 is 5.97 Å². The van der Waals surface area contributed by atoms with E-state index in [1.807, 2.05) is 0 Å². The van der Waals surface area contributed by atoms with E-state index in [4.69, 9.17) is 4.74 Å². The van der Waals surface area contributed by atoms with Crippen molar-refractivity contribution in [2.24, 2.45) is 5.92 Å². The molecular formula is C16H23NO2. The summed E-state index contributed by atoms with van der Waals surface area (Å²) in [5.74, 6) is 0.282. The molecule has 0 amide bonds. The Morgan fingerprint density at radius 2 is 2.05 bits per heavy atom. The molecule has 104 valence electrons. The summed E-state index contributed by atoms with van der Waals surface area (Å²) in [6, 6.07) is 8.21. The molecule has 0 aliphatic heterocycles. The van der Waals surface area contributed by atoms with Crippen LogP contribution in [0.15, 0.2) is 24.3 Å². The summed E-state index contributed by atoms with van der Waals surface area (Å²) in [5.41, 5.74) is 2.36. The minimum absolute atomic E-state index is 0.155. The first kappa shape index (κ1) is 13.9. The monoisotopic (exact) mass is 261 g/mol. The van der Waals surface area contributed by atoms with Crippen LogP contribution >= 0.6 is 0 Å². The van der Waals surface area contributed by atoms with Gasteiger partial charge < -0.3 is 10.1 Å². The number of unbranched alkanes of at least 4 members (excludes halogenated alkanes) is 1. The van der Waals surface area contributed by atoms with Crippen molar-refractivity contribution >= 4 is 11.7 Å². The first-order valence-corrected chi connectivity index (χ1v) is 7.18. The van der Waals surface area contributed by atoms with Crippen LogP contribution in [-0.2, 0) is 16.0 Å². The Morgan fingerprint density at radius 3 is 2.58 bits per heavy atom. The van der Waals surface area contributed by atoms with E-state index in [0.29, 0.717) is 5.92 Å². The molecule has 1 aliphatic rings. The Morgan fingerprint density at radius 1 is 1.37 bits per heavy atom. The van der Waals surface area contributed by atoms with Crippen molar-refractivity contribution in [1.82, 2.24) is 0 Å². The molecule has 3 nitrogen and oxygen atoms in total. The predicted molar refractivity (Wildman–Crippen MR) is 77.2 cm³/mol. The first-order valence-electron chi connectivity index (χ1n) is 7.18. The van der Waals surface area contributed by atoms with E-state index in [2.05, 4.69) is 36.5 Å². The second-order valence-electron chi connectivity index (χ2n) is 5.28. The van der Waals surface area contributed by atoms with Crippen molar-refractivity contribution in [2.45, 2.75) is 45.1 Å². The summed E-state index contributed by atoms with van der Waals surface area (Å²) in [6.45, 7) is 2.20. The van der Waals surface area contributed by atoms with Gasteiger partial charge in [-0.3, -0.25) is 0 Å². The van der Waals surface area contributed by atoms with Gasteiger partial charge in [-0.2, -0.15) is 0 Å². The maximum absolute atomic E-state index is 11.7. The number of carbonyl (C=O) groups excluding carboxylic acids is 1. The molecule has 19 heavy (non-hydrogen) atoms. The Labute approximate surface area is 115 Å². The SMILES string of the molecule is CCCCc1ccc(NC(C(=O)OC)C2CC2)cc1. The van der Waals surface area contributed by atoms with Gasteiger partial charge in [-0.1, -0.05) is 25.5 Å². The fourth-order valence-electron chi connectivity index (χ4n) is 2.25. The normalized spacial score (nSPS) is 15.9. The highest BCUT2D eigenvalue weighted by atomic mass is 16.5. The molecule has 1 aromatic carbocycles. The third kappa shape index (κ3) is 3.98. The Bertz CT molecular complexity index is 409. The summed E-state index contributed by atoms with van der Waals surface area (Å²) in [5, 5.41) is 3.30. The molecule has 0 saturated heterocycles. The fourth-order valence-corrected chi connectivity index (χ4v) is 2.25. The molecule has 3 heteroatoms. The molecule has 1 fully saturated rings. The average molecular weight is 261 g/mol. The zero-order chi connectivity index (χ0) is 13.7. The molecular weight excluding hydrogens is 238 g/mol. The molecule has 1 N–H and O–H groups in total. The number of nitrogens with one attached hydrogen (secondary N) is 1. The molecule has 1 saturated carbocycles. The van der Waals surface area contributed by atoms with Gasteiger partial charge in [0.2, 0.25) is 0 Å². The Kier molecular flexibility index (Phi) is 4.83. The van der Waals surface area contributed by atoms with E-state index in [9.17, 15) is 4.79 Å². The lowest BCUT2D eigenvalue weighted by molar-refractivity contribution is -0.142. The van der Waals surface area contributed by atoms with Crippen LogP contribution in [0, 0.1) is 5.92 Å². The largest absolute Gasteiger partial charge is 0.467 e. The van der Waals surface area contributed by atoms with E-state index in [0.717, 1.165) is 24.9 Å². The zero-order valence-corrected chi connectivity index (χ0v) is 11.8. The lowest BCUT2D eigenvalue weighted by Crippen LogP contribution is -2.32. The van der Waals surface area contributed by atoms with Crippen molar-refractivity contribution in [2.75, 3.05) is 12.4 Å². The van der Waals surface area contributed by atoms with E-state index >= 15 is 0 Å². The van der Waals surface area contributed by atoms with Gasteiger partial charge in [-0.05, 0) is 49.3 Å². The highest BCUT2D eigenvalue weighted by Gasteiger charge is 2.36. The molecule has 0 spiro atoms. The maximum Gasteiger partial charge on any atom is 0.328 e. The zero-order valence-electron chi connectivity index (χ0n) is 11.8. The van der Waals surface area contributed by atoms with E-state index < -0.39 is 0 Å². The third-order valence-corrected chi connectivity index (χ3v) is 3.64. The van der Waals surface area contributed by atoms with E-state index in [1.54, 1.807) is 0 Å². The quantitative estimate of drug-likeness (QED) is 0.765. The van der Waals surface area contributed by atoms with Gasteiger partial charge in [0.1, 0.15) is 6.04 Å². The van der Waals surface area contributed by atoms with Gasteiger partial charge in [-0.15, -0.1) is 0 Å². The maximum atomic E-state index is 11.7. The van der Waals surface area contributed by atoms with Crippen LogP contribution < -0.4 is 5.32 Å². The predicted octanol–water partition coefficient (Wildman–Crippen LogP) is 3.39. The van der Waals surface area contributed by atoms with Gasteiger partial charge in [0, 0.05) is 5.69 Å². The molecule has 0 bridgehead atoms. The molecule has 1 aromatic rings. The molecule has 1 atom stereocenters. The Hall–Kier alpha value is -1.51. The van der Waals surface area contributed by atoms with Crippen molar-refractivity contribution in [3.8, 4) is 0 Å². The minimum atomic E-state index is -0.188. The Balaban J connectivity index is 1.95. The molecule has 1 unspecified atom stereocenters. The number of anilines is 1. The number of hydrogen-bond acceptors (Lipinski definition) is 3. The smallest absolute Gasteiger partial charge is 0.328 e. The summed E-state index contributed by atoms with van der Waals surface area (Å²) in [4.78, 5) is 11.7. The van der Waals surface area contributed by atoms with Crippen LogP contribution in [0.3, 0.4) is 0 Å². The summed E-state index contributed by atoms with van der Waals surface area (Å²) >= 11 is 0. The molecule has 0 heterocycles. The first-order chi connectivity index (χ1) is 9.24. The summed E-state index contributed by atoms with van der Waals surface area (Å²) in [6.07, 6.45) is 5.79. The number of esters is 1. The van der Waals surface area contributed by atoms with Crippen LogP contribution in [0.1, 0.15) is 38.2 Å². The highest BCUT2D eigenvalue weighted by molar-refractivity contribution is 5.80. The van der Waals surface area contributed by atoms with Crippen LogP contribution in [0.4, 0.5) is 5.69 Å². The molecule has 0 radical (unpaired) electrons. The minimum Gasteiger partial charge on any atom is -0.467 e. The molecule has 2 rings (SSSR count).